The van der Waals surface area contributed by atoms with Gasteiger partial charge in [0.2, 0.25) is 0 Å². The molecule has 2 N–H and O–H groups in total. The van der Waals surface area contributed by atoms with E-state index in [2.05, 4.69) is 25.5 Å². The van der Waals surface area contributed by atoms with Gasteiger partial charge in [0.1, 0.15) is 0 Å². The minimum absolute atomic E-state index is 0.182. The number of aromatic amines is 1. The predicted octanol–water partition coefficient (Wildman–Crippen LogP) is 2.59. The van der Waals surface area contributed by atoms with Crippen LogP contribution in [-0.4, -0.2) is 32.3 Å². The lowest BCUT2D eigenvalue weighted by molar-refractivity contribution is -0.118. The molecule has 1 aromatic carbocycles. The lowest BCUT2D eigenvalue weighted by Crippen LogP contribution is -2.21. The lowest BCUT2D eigenvalue weighted by Gasteiger charge is -2.01. The third-order valence-corrected chi connectivity index (χ3v) is 4.01. The monoisotopic (exact) mass is 325 g/mol. The van der Waals surface area contributed by atoms with Crippen molar-refractivity contribution >= 4 is 34.4 Å². The number of aromatic nitrogens is 3. The number of pyridine rings is 1. The predicted molar refractivity (Wildman–Crippen MR) is 91.4 cm³/mol. The topological polar surface area (TPSA) is 83.0 Å². The van der Waals surface area contributed by atoms with Crippen molar-refractivity contribution in [2.45, 2.75) is 12.1 Å². The van der Waals surface area contributed by atoms with E-state index in [0.29, 0.717) is 10.9 Å². The molecule has 2 heterocycles. The van der Waals surface area contributed by atoms with Gasteiger partial charge in [-0.2, -0.15) is 5.10 Å². The number of hydrazone groups is 1. The molecule has 7 heteroatoms. The first-order valence-electron chi connectivity index (χ1n) is 7.03. The second-order valence-corrected chi connectivity index (χ2v) is 5.79. The number of rotatable bonds is 5. The van der Waals surface area contributed by atoms with Crippen molar-refractivity contribution < 1.29 is 4.79 Å². The van der Waals surface area contributed by atoms with Gasteiger partial charge in [-0.1, -0.05) is 30.0 Å². The van der Waals surface area contributed by atoms with Crippen LogP contribution in [0.1, 0.15) is 12.5 Å². The average molecular weight is 325 g/mol. The van der Waals surface area contributed by atoms with E-state index in [-0.39, 0.29) is 11.7 Å². The standard InChI is InChI=1S/C16H15N5OS/c1-11(12-5-4-8-17-9-12)20-21-15(22)10-23-16-18-13-6-2-3-7-14(13)19-16/h2-9H,10H2,1H3,(H,18,19)(H,21,22)/b20-11+. The van der Waals surface area contributed by atoms with Crippen molar-refractivity contribution in [2.24, 2.45) is 5.10 Å². The van der Waals surface area contributed by atoms with Crippen molar-refractivity contribution in [1.82, 2.24) is 20.4 Å². The van der Waals surface area contributed by atoms with Gasteiger partial charge >= 0.3 is 0 Å². The normalized spacial score (nSPS) is 11.6. The third-order valence-electron chi connectivity index (χ3n) is 3.14. The molecule has 0 saturated heterocycles. The van der Waals surface area contributed by atoms with Crippen LogP contribution in [0, 0.1) is 0 Å². The Hall–Kier alpha value is -2.67. The molecule has 3 rings (SSSR count). The van der Waals surface area contributed by atoms with Crippen LogP contribution < -0.4 is 5.43 Å². The molecule has 0 fully saturated rings. The Labute approximate surface area is 137 Å². The molecule has 0 aliphatic carbocycles. The Morgan fingerprint density at radius 1 is 1.30 bits per heavy atom. The van der Waals surface area contributed by atoms with E-state index in [0.717, 1.165) is 16.6 Å². The number of hydrogen-bond donors (Lipinski definition) is 2. The van der Waals surface area contributed by atoms with Crippen LogP contribution in [0.15, 0.2) is 59.0 Å². The van der Waals surface area contributed by atoms with Crippen LogP contribution in [0.3, 0.4) is 0 Å². The number of para-hydroxylation sites is 2. The minimum atomic E-state index is -0.182. The number of nitrogens with zero attached hydrogens (tertiary/aromatic N) is 3. The fourth-order valence-corrected chi connectivity index (χ4v) is 2.63. The number of thioether (sulfide) groups is 1. The Balaban J connectivity index is 1.55. The highest BCUT2D eigenvalue weighted by atomic mass is 32.2. The van der Waals surface area contributed by atoms with Crippen LogP contribution in [0.5, 0.6) is 0 Å². The maximum absolute atomic E-state index is 11.9. The van der Waals surface area contributed by atoms with Crippen LogP contribution >= 0.6 is 11.8 Å². The molecule has 2 aromatic heterocycles. The number of benzene rings is 1. The number of carbonyl (C=O) groups is 1. The molecule has 0 unspecified atom stereocenters. The summed E-state index contributed by atoms with van der Waals surface area (Å²) in [5, 5.41) is 4.80. The molecule has 0 aliphatic heterocycles. The minimum Gasteiger partial charge on any atom is -0.333 e. The third kappa shape index (κ3) is 3.95. The summed E-state index contributed by atoms with van der Waals surface area (Å²) in [6, 6.07) is 11.5. The fourth-order valence-electron chi connectivity index (χ4n) is 1.95. The van der Waals surface area contributed by atoms with Gasteiger partial charge < -0.3 is 4.98 Å². The van der Waals surface area contributed by atoms with E-state index >= 15 is 0 Å². The molecule has 1 amide bonds. The van der Waals surface area contributed by atoms with Crippen LogP contribution in [-0.2, 0) is 4.79 Å². The quantitative estimate of drug-likeness (QED) is 0.429. The number of carbonyl (C=O) groups excluding carboxylic acids is 1. The second-order valence-electron chi connectivity index (χ2n) is 4.82. The number of imidazole rings is 1. The van der Waals surface area contributed by atoms with Crippen LogP contribution in [0.2, 0.25) is 0 Å². The summed E-state index contributed by atoms with van der Waals surface area (Å²) in [7, 11) is 0. The van der Waals surface area contributed by atoms with E-state index in [1.54, 1.807) is 12.4 Å². The molecule has 0 atom stereocenters. The van der Waals surface area contributed by atoms with Gasteiger partial charge in [0.05, 0.1) is 22.5 Å². The SMILES string of the molecule is C/C(=N\NC(=O)CSc1nc2ccccc2[nH]1)c1cccnc1. The molecule has 6 nitrogen and oxygen atoms in total. The number of nitrogens with one attached hydrogen (secondary N) is 2. The second kappa shape index (κ2) is 7.06. The van der Waals surface area contributed by atoms with Gasteiger partial charge in [-0.3, -0.25) is 9.78 Å². The Bertz CT molecular complexity index is 811. The van der Waals surface area contributed by atoms with E-state index in [9.17, 15) is 4.79 Å². The first kappa shape index (κ1) is 15.2. The Kier molecular flexibility index (Phi) is 4.68. The van der Waals surface area contributed by atoms with Crippen molar-refractivity contribution in [2.75, 3.05) is 5.75 Å². The maximum atomic E-state index is 11.9. The maximum Gasteiger partial charge on any atom is 0.250 e. The largest absolute Gasteiger partial charge is 0.333 e. The Morgan fingerprint density at radius 3 is 2.96 bits per heavy atom. The Morgan fingerprint density at radius 2 is 2.17 bits per heavy atom. The molecule has 0 saturated carbocycles. The highest BCUT2D eigenvalue weighted by Gasteiger charge is 2.06. The molecular formula is C16H15N5OS. The summed E-state index contributed by atoms with van der Waals surface area (Å²) in [4.78, 5) is 23.5. The number of amides is 1. The molecule has 0 spiro atoms. The van der Waals surface area contributed by atoms with Gasteiger partial charge in [0.15, 0.2) is 5.16 Å². The van der Waals surface area contributed by atoms with Crippen molar-refractivity contribution in [3.8, 4) is 0 Å². The smallest absolute Gasteiger partial charge is 0.250 e. The molecule has 0 aliphatic rings. The highest BCUT2D eigenvalue weighted by molar-refractivity contribution is 7.99. The van der Waals surface area contributed by atoms with Crippen LogP contribution in [0.25, 0.3) is 11.0 Å². The zero-order valence-electron chi connectivity index (χ0n) is 12.5. The number of hydrogen-bond acceptors (Lipinski definition) is 5. The summed E-state index contributed by atoms with van der Waals surface area (Å²) < 4.78 is 0. The zero-order valence-corrected chi connectivity index (χ0v) is 13.3. The average Bonchev–Trinajstić information content (AvgIpc) is 3.01. The van der Waals surface area contributed by atoms with E-state index < -0.39 is 0 Å². The van der Waals surface area contributed by atoms with Crippen molar-refractivity contribution in [3.63, 3.8) is 0 Å². The number of H-pyrrole nitrogens is 1. The van der Waals surface area contributed by atoms with Gasteiger partial charge in [0, 0.05) is 18.0 Å². The van der Waals surface area contributed by atoms with E-state index in [1.807, 2.05) is 43.3 Å². The molecule has 3 aromatic rings. The van der Waals surface area contributed by atoms with Gasteiger partial charge in [0.25, 0.3) is 5.91 Å². The summed E-state index contributed by atoms with van der Waals surface area (Å²) in [5.74, 6) is 0.0580. The van der Waals surface area contributed by atoms with Crippen LogP contribution in [0.4, 0.5) is 0 Å². The van der Waals surface area contributed by atoms with E-state index in [1.165, 1.54) is 11.8 Å². The summed E-state index contributed by atoms with van der Waals surface area (Å²) >= 11 is 1.34. The highest BCUT2D eigenvalue weighted by Crippen LogP contribution is 2.18. The molecule has 23 heavy (non-hydrogen) atoms. The summed E-state index contributed by atoms with van der Waals surface area (Å²) in [6.45, 7) is 1.82. The molecular weight excluding hydrogens is 310 g/mol. The summed E-state index contributed by atoms with van der Waals surface area (Å²) in [5.41, 5.74) is 5.97. The number of fused-ring (bicyclic) bond motifs is 1. The van der Waals surface area contributed by atoms with Gasteiger partial charge in [-0.15, -0.1) is 0 Å². The first-order valence-corrected chi connectivity index (χ1v) is 8.02. The molecule has 0 bridgehead atoms. The lowest BCUT2D eigenvalue weighted by atomic mass is 10.2. The van der Waals surface area contributed by atoms with Crippen molar-refractivity contribution in [3.05, 3.63) is 54.4 Å². The van der Waals surface area contributed by atoms with Gasteiger partial charge in [-0.05, 0) is 25.1 Å². The fraction of sp³-hybridized carbons (Fsp3) is 0.125. The van der Waals surface area contributed by atoms with Crippen molar-refractivity contribution in [1.29, 1.82) is 0 Å². The first-order chi connectivity index (χ1) is 11.2. The zero-order chi connectivity index (χ0) is 16.1. The van der Waals surface area contributed by atoms with Gasteiger partial charge in [-0.25, -0.2) is 10.4 Å². The molecule has 0 radical (unpaired) electrons. The van der Waals surface area contributed by atoms with E-state index in [4.69, 9.17) is 0 Å². The summed E-state index contributed by atoms with van der Waals surface area (Å²) in [6.07, 6.45) is 3.40. The molecule has 116 valence electrons.